The number of piperidine rings is 1. The Balaban J connectivity index is 1.95. The third-order valence-corrected chi connectivity index (χ3v) is 4.65. The molecule has 0 unspecified atom stereocenters. The van der Waals surface area contributed by atoms with Gasteiger partial charge in [-0.25, -0.2) is 4.79 Å². The molecule has 0 spiro atoms. The fourth-order valence-corrected chi connectivity index (χ4v) is 3.24. The first-order valence-corrected chi connectivity index (χ1v) is 8.62. The molecule has 0 aliphatic carbocycles. The molecule has 1 heterocycles. The Labute approximate surface area is 144 Å². The average molecular weight is 416 g/mol. The molecule has 0 saturated carbocycles. The molecule has 2 N–H and O–H groups in total. The summed E-state index contributed by atoms with van der Waals surface area (Å²) in [5, 5.41) is 0. The minimum absolute atomic E-state index is 0.121. The lowest BCUT2D eigenvalue weighted by Crippen LogP contribution is -2.45. The highest BCUT2D eigenvalue weighted by Crippen LogP contribution is 2.20. The number of benzene rings is 1. The highest BCUT2D eigenvalue weighted by molar-refractivity contribution is 14.1. The molecule has 0 radical (unpaired) electrons. The van der Waals surface area contributed by atoms with E-state index in [2.05, 4.69) is 29.5 Å². The van der Waals surface area contributed by atoms with Crippen LogP contribution in [0.2, 0.25) is 0 Å². The minimum Gasteiger partial charge on any atom is -0.452 e. The number of nitrogens with two attached hydrogens (primary N) is 1. The second-order valence-corrected chi connectivity index (χ2v) is 6.70. The van der Waals surface area contributed by atoms with E-state index in [4.69, 9.17) is 10.5 Å². The molecule has 1 aromatic carbocycles. The van der Waals surface area contributed by atoms with Crippen molar-refractivity contribution < 1.29 is 14.3 Å². The second kappa shape index (κ2) is 7.80. The number of carbonyl (C=O) groups excluding carboxylic acids is 2. The van der Waals surface area contributed by atoms with E-state index in [-0.39, 0.29) is 18.6 Å². The van der Waals surface area contributed by atoms with Crippen LogP contribution < -0.4 is 5.73 Å². The number of ether oxygens (including phenoxy) is 1. The molecule has 1 fully saturated rings. The van der Waals surface area contributed by atoms with E-state index in [9.17, 15) is 9.59 Å². The van der Waals surface area contributed by atoms with Gasteiger partial charge < -0.3 is 15.4 Å². The lowest BCUT2D eigenvalue weighted by molar-refractivity contribution is -0.138. The molecule has 1 aliphatic heterocycles. The van der Waals surface area contributed by atoms with Gasteiger partial charge in [0.05, 0.1) is 5.56 Å². The highest BCUT2D eigenvalue weighted by Gasteiger charge is 2.26. The molecule has 22 heavy (non-hydrogen) atoms. The van der Waals surface area contributed by atoms with Crippen LogP contribution in [0.4, 0.5) is 5.69 Å². The maximum absolute atomic E-state index is 12.3. The van der Waals surface area contributed by atoms with E-state index in [1.54, 1.807) is 12.1 Å². The van der Waals surface area contributed by atoms with Crippen LogP contribution in [-0.4, -0.2) is 36.0 Å². The Morgan fingerprint density at radius 1 is 1.41 bits per heavy atom. The Bertz CT molecular complexity index is 562. The van der Waals surface area contributed by atoms with E-state index < -0.39 is 5.97 Å². The largest absolute Gasteiger partial charge is 0.452 e. The molecule has 0 bridgehead atoms. The average Bonchev–Trinajstić information content (AvgIpc) is 2.54. The first kappa shape index (κ1) is 17.1. The third kappa shape index (κ3) is 4.12. The normalized spacial score (nSPS) is 18.1. The number of hydrogen-bond acceptors (Lipinski definition) is 4. The van der Waals surface area contributed by atoms with Crippen molar-refractivity contribution >= 4 is 40.2 Å². The number of amides is 1. The van der Waals surface area contributed by atoms with Gasteiger partial charge in [0, 0.05) is 21.8 Å². The molecule has 1 atom stereocenters. The van der Waals surface area contributed by atoms with Crippen LogP contribution in [0.5, 0.6) is 0 Å². The molecule has 5 nitrogen and oxygen atoms in total. The molecule has 1 amide bonds. The fraction of sp³-hybridized carbons (Fsp3) is 0.500. The van der Waals surface area contributed by atoms with Gasteiger partial charge in [0.15, 0.2) is 6.61 Å². The summed E-state index contributed by atoms with van der Waals surface area (Å²) >= 11 is 2.10. The number of hydrogen-bond donors (Lipinski definition) is 1. The molecule has 6 heteroatoms. The molecule has 1 aliphatic rings. The summed E-state index contributed by atoms with van der Waals surface area (Å²) in [5.41, 5.74) is 6.46. The van der Waals surface area contributed by atoms with Gasteiger partial charge in [0.25, 0.3) is 5.91 Å². The van der Waals surface area contributed by atoms with Crippen molar-refractivity contribution in [2.24, 2.45) is 0 Å². The van der Waals surface area contributed by atoms with Gasteiger partial charge in [-0.15, -0.1) is 0 Å². The van der Waals surface area contributed by atoms with Gasteiger partial charge in [-0.2, -0.15) is 0 Å². The first-order valence-electron chi connectivity index (χ1n) is 7.54. The van der Waals surface area contributed by atoms with E-state index in [1.165, 1.54) is 0 Å². The topological polar surface area (TPSA) is 72.6 Å². The molecular formula is C16H21IN2O3. The monoisotopic (exact) mass is 416 g/mol. The first-order chi connectivity index (χ1) is 10.5. The maximum Gasteiger partial charge on any atom is 0.340 e. The Kier molecular flexibility index (Phi) is 6.05. The molecular weight excluding hydrogens is 395 g/mol. The summed E-state index contributed by atoms with van der Waals surface area (Å²) < 4.78 is 6.05. The van der Waals surface area contributed by atoms with Gasteiger partial charge in [0.1, 0.15) is 0 Å². The number of esters is 1. The summed E-state index contributed by atoms with van der Waals surface area (Å²) in [4.78, 5) is 26.2. The zero-order valence-electron chi connectivity index (χ0n) is 12.7. The molecule has 1 saturated heterocycles. The van der Waals surface area contributed by atoms with Crippen molar-refractivity contribution in [1.82, 2.24) is 4.90 Å². The van der Waals surface area contributed by atoms with Gasteiger partial charge >= 0.3 is 5.97 Å². The van der Waals surface area contributed by atoms with Crippen molar-refractivity contribution in [1.29, 1.82) is 0 Å². The van der Waals surface area contributed by atoms with Crippen LogP contribution in [0.15, 0.2) is 18.2 Å². The van der Waals surface area contributed by atoms with Crippen LogP contribution in [0.25, 0.3) is 0 Å². The van der Waals surface area contributed by atoms with E-state index in [0.29, 0.717) is 11.3 Å². The number of likely N-dealkylation sites (tertiary alicyclic amines) is 1. The molecule has 120 valence electrons. The van der Waals surface area contributed by atoms with Gasteiger partial charge in [0.2, 0.25) is 0 Å². The van der Waals surface area contributed by atoms with Crippen molar-refractivity contribution in [3.05, 3.63) is 27.3 Å². The van der Waals surface area contributed by atoms with Gasteiger partial charge in [-0.1, -0.05) is 6.92 Å². The van der Waals surface area contributed by atoms with Crippen LogP contribution in [0.3, 0.4) is 0 Å². The minimum atomic E-state index is -0.547. The molecule has 0 aromatic heterocycles. The lowest BCUT2D eigenvalue weighted by Gasteiger charge is -2.35. The van der Waals surface area contributed by atoms with Gasteiger partial charge in [-0.05, 0) is 66.5 Å². The number of nitrogen functional groups attached to an aromatic ring is 1. The van der Waals surface area contributed by atoms with Crippen LogP contribution in [0, 0.1) is 3.57 Å². The quantitative estimate of drug-likeness (QED) is 0.466. The third-order valence-electron chi connectivity index (χ3n) is 3.98. The molecule has 1 aromatic rings. The molecule has 2 rings (SSSR count). The van der Waals surface area contributed by atoms with Gasteiger partial charge in [-0.3, -0.25) is 4.79 Å². The summed E-state index contributed by atoms with van der Waals surface area (Å²) in [6.07, 6.45) is 4.13. The summed E-state index contributed by atoms with van der Waals surface area (Å²) in [7, 11) is 0. The summed E-state index contributed by atoms with van der Waals surface area (Å²) in [5.74, 6) is -0.668. The Morgan fingerprint density at radius 3 is 2.91 bits per heavy atom. The predicted molar refractivity (Wildman–Crippen MR) is 93.5 cm³/mol. The predicted octanol–water partition coefficient (Wildman–Crippen LogP) is 2.82. The SMILES string of the molecule is CC[C@H]1CCCCN1C(=O)COC(=O)c1cc(I)ccc1N. The van der Waals surface area contributed by atoms with E-state index >= 15 is 0 Å². The van der Waals surface area contributed by atoms with E-state index in [1.807, 2.05) is 11.0 Å². The van der Waals surface area contributed by atoms with Crippen molar-refractivity contribution in [3.8, 4) is 0 Å². The second-order valence-electron chi connectivity index (χ2n) is 5.45. The van der Waals surface area contributed by atoms with Crippen molar-refractivity contribution in [2.45, 2.75) is 38.6 Å². The van der Waals surface area contributed by atoms with Crippen LogP contribution >= 0.6 is 22.6 Å². The zero-order chi connectivity index (χ0) is 16.1. The number of anilines is 1. The van der Waals surface area contributed by atoms with Crippen molar-refractivity contribution in [2.75, 3.05) is 18.9 Å². The Morgan fingerprint density at radius 2 is 2.18 bits per heavy atom. The summed E-state index contributed by atoms with van der Waals surface area (Å²) in [6.45, 7) is 2.61. The summed E-state index contributed by atoms with van der Waals surface area (Å²) in [6, 6.07) is 5.41. The highest BCUT2D eigenvalue weighted by atomic mass is 127. The van der Waals surface area contributed by atoms with E-state index in [0.717, 1.165) is 35.8 Å². The number of carbonyl (C=O) groups is 2. The van der Waals surface area contributed by atoms with Crippen LogP contribution in [0.1, 0.15) is 43.0 Å². The number of nitrogens with zero attached hydrogens (tertiary/aromatic N) is 1. The standard InChI is InChI=1S/C16H21IN2O3/c1-2-12-5-3-4-8-19(12)15(20)10-22-16(21)13-9-11(17)6-7-14(13)18/h6-7,9,12H,2-5,8,10,18H2,1H3/t12-/m0/s1. The zero-order valence-corrected chi connectivity index (χ0v) is 14.8. The lowest BCUT2D eigenvalue weighted by atomic mass is 10.00. The van der Waals surface area contributed by atoms with Crippen LogP contribution in [-0.2, 0) is 9.53 Å². The smallest absolute Gasteiger partial charge is 0.340 e. The maximum atomic E-state index is 12.3. The fourth-order valence-electron chi connectivity index (χ4n) is 2.75. The van der Waals surface area contributed by atoms with Crippen molar-refractivity contribution in [3.63, 3.8) is 0 Å². The number of halogens is 1. The number of rotatable bonds is 4. The Hall–Kier alpha value is -1.31.